The van der Waals surface area contributed by atoms with Crippen LogP contribution in [0, 0.1) is 0 Å². The number of aromatic nitrogens is 2. The van der Waals surface area contributed by atoms with Crippen LogP contribution >= 0.6 is 0 Å². The predicted octanol–water partition coefficient (Wildman–Crippen LogP) is 1.04. The standard InChI is InChI=1S/C23H25N5O6/c1-31-17-9-13-14(10-18(17)32-2)25-23(26-21(13)24)27-7-8-28(20(29)11-27)22(30)19-12-33-15-5-3-4-6-16(15)34-19/h3-6,9-10,19-20,29H,7-8,11-12H2,1-2H3,(H2,24,25,26). The predicted molar refractivity (Wildman–Crippen MR) is 123 cm³/mol. The van der Waals surface area contributed by atoms with Gasteiger partial charge in [0.2, 0.25) is 12.1 Å². The Hall–Kier alpha value is -3.99. The summed E-state index contributed by atoms with van der Waals surface area (Å²) in [5.41, 5.74) is 6.78. The molecule has 2 aliphatic rings. The summed E-state index contributed by atoms with van der Waals surface area (Å²) in [6.07, 6.45) is -1.90. The summed E-state index contributed by atoms with van der Waals surface area (Å²) in [7, 11) is 3.09. The molecular formula is C23H25N5O6. The van der Waals surface area contributed by atoms with Crippen molar-refractivity contribution in [2.75, 3.05) is 51.1 Å². The van der Waals surface area contributed by atoms with Crippen LogP contribution in [0.1, 0.15) is 0 Å². The number of aliphatic hydroxyl groups is 1. The van der Waals surface area contributed by atoms with Gasteiger partial charge in [-0.3, -0.25) is 4.79 Å². The van der Waals surface area contributed by atoms with Gasteiger partial charge in [-0.2, -0.15) is 4.98 Å². The summed E-state index contributed by atoms with van der Waals surface area (Å²) in [4.78, 5) is 25.2. The number of benzene rings is 2. The molecule has 0 bridgehead atoms. The molecule has 178 valence electrons. The summed E-state index contributed by atoms with van der Waals surface area (Å²) < 4.78 is 22.1. The number of carbonyl (C=O) groups is 1. The molecule has 2 aliphatic heterocycles. The Bertz CT molecular complexity index is 1240. The van der Waals surface area contributed by atoms with Crippen molar-refractivity contribution < 1.29 is 28.8 Å². The van der Waals surface area contributed by atoms with Crippen molar-refractivity contribution in [2.45, 2.75) is 12.3 Å². The lowest BCUT2D eigenvalue weighted by Crippen LogP contribution is -2.59. The van der Waals surface area contributed by atoms with Crippen LogP contribution in [-0.4, -0.2) is 78.7 Å². The number of hydrogen-bond donors (Lipinski definition) is 2. The van der Waals surface area contributed by atoms with E-state index in [0.717, 1.165) is 0 Å². The fourth-order valence-corrected chi connectivity index (χ4v) is 4.14. The number of carbonyl (C=O) groups excluding carboxylic acids is 1. The van der Waals surface area contributed by atoms with E-state index < -0.39 is 12.3 Å². The highest BCUT2D eigenvalue weighted by Crippen LogP contribution is 2.35. The molecule has 2 unspecified atom stereocenters. The van der Waals surface area contributed by atoms with Crippen molar-refractivity contribution in [3.8, 4) is 23.0 Å². The maximum absolute atomic E-state index is 13.0. The second kappa shape index (κ2) is 8.75. The first-order valence-corrected chi connectivity index (χ1v) is 10.8. The van der Waals surface area contributed by atoms with E-state index in [0.29, 0.717) is 46.4 Å². The summed E-state index contributed by atoms with van der Waals surface area (Å²) in [5, 5.41) is 11.4. The van der Waals surface area contributed by atoms with Gasteiger partial charge in [-0.25, -0.2) is 4.98 Å². The number of fused-ring (bicyclic) bond motifs is 2. The molecule has 1 aromatic heterocycles. The van der Waals surface area contributed by atoms with Crippen molar-refractivity contribution >= 4 is 28.6 Å². The zero-order valence-electron chi connectivity index (χ0n) is 18.8. The monoisotopic (exact) mass is 467 g/mol. The van der Waals surface area contributed by atoms with E-state index in [1.807, 2.05) is 12.1 Å². The van der Waals surface area contributed by atoms with Gasteiger partial charge in [0.1, 0.15) is 18.7 Å². The van der Waals surface area contributed by atoms with Crippen LogP contribution in [-0.2, 0) is 4.79 Å². The fourth-order valence-electron chi connectivity index (χ4n) is 4.14. The van der Waals surface area contributed by atoms with Gasteiger partial charge < -0.3 is 39.6 Å². The molecule has 5 rings (SSSR count). The largest absolute Gasteiger partial charge is 0.493 e. The van der Waals surface area contributed by atoms with Gasteiger partial charge in [0.25, 0.3) is 5.91 Å². The number of nitrogens with two attached hydrogens (primary N) is 1. The summed E-state index contributed by atoms with van der Waals surface area (Å²) in [5.74, 6) is 2.44. The lowest BCUT2D eigenvalue weighted by atomic mass is 10.2. The summed E-state index contributed by atoms with van der Waals surface area (Å²) in [6, 6.07) is 10.6. The van der Waals surface area contributed by atoms with Crippen molar-refractivity contribution in [3.05, 3.63) is 36.4 Å². The molecule has 0 radical (unpaired) electrons. The lowest BCUT2D eigenvalue weighted by molar-refractivity contribution is -0.152. The molecule has 1 fully saturated rings. The van der Waals surface area contributed by atoms with Crippen LogP contribution in [0.15, 0.2) is 36.4 Å². The number of amides is 1. The summed E-state index contributed by atoms with van der Waals surface area (Å²) >= 11 is 0. The van der Waals surface area contributed by atoms with E-state index in [4.69, 9.17) is 24.7 Å². The molecule has 11 heteroatoms. The van der Waals surface area contributed by atoms with E-state index >= 15 is 0 Å². The van der Waals surface area contributed by atoms with Crippen LogP contribution in [0.4, 0.5) is 11.8 Å². The van der Waals surface area contributed by atoms with E-state index in [2.05, 4.69) is 9.97 Å². The highest BCUT2D eigenvalue weighted by Gasteiger charge is 2.37. The number of rotatable bonds is 4. The second-order valence-electron chi connectivity index (χ2n) is 7.96. The molecule has 1 saturated heterocycles. The highest BCUT2D eigenvalue weighted by molar-refractivity contribution is 5.91. The Labute approximate surface area is 195 Å². The molecular weight excluding hydrogens is 442 g/mol. The number of nitrogen functional groups attached to an aromatic ring is 1. The maximum atomic E-state index is 13.0. The molecule has 2 atom stereocenters. The first kappa shape index (κ1) is 21.8. The van der Waals surface area contributed by atoms with Gasteiger partial charge in [-0.05, 0) is 18.2 Å². The van der Waals surface area contributed by atoms with Crippen LogP contribution in [0.5, 0.6) is 23.0 Å². The minimum atomic E-state index is -1.08. The van der Waals surface area contributed by atoms with Gasteiger partial charge >= 0.3 is 0 Å². The molecule has 3 N–H and O–H groups in total. The molecule has 0 aliphatic carbocycles. The average Bonchev–Trinajstić information content (AvgIpc) is 2.87. The van der Waals surface area contributed by atoms with E-state index in [1.165, 1.54) is 4.90 Å². The van der Waals surface area contributed by atoms with E-state index in [9.17, 15) is 9.90 Å². The number of β-amino-alcohol motifs (C(OH)–C–C–N with tert-alkyl or cyclic N) is 1. The van der Waals surface area contributed by atoms with Crippen molar-refractivity contribution in [3.63, 3.8) is 0 Å². The average molecular weight is 467 g/mol. The van der Waals surface area contributed by atoms with Crippen LogP contribution < -0.4 is 29.6 Å². The van der Waals surface area contributed by atoms with Crippen molar-refractivity contribution in [1.82, 2.24) is 14.9 Å². The summed E-state index contributed by atoms with van der Waals surface area (Å²) in [6.45, 7) is 0.868. The van der Waals surface area contributed by atoms with Gasteiger partial charge in [0.05, 0.1) is 26.3 Å². The van der Waals surface area contributed by atoms with Gasteiger partial charge in [0, 0.05) is 24.5 Å². The molecule has 2 aromatic carbocycles. The number of hydrogen-bond acceptors (Lipinski definition) is 10. The molecule has 0 spiro atoms. The zero-order chi connectivity index (χ0) is 23.8. The van der Waals surface area contributed by atoms with Crippen molar-refractivity contribution in [1.29, 1.82) is 0 Å². The van der Waals surface area contributed by atoms with Gasteiger partial charge in [0.15, 0.2) is 23.0 Å². The number of ether oxygens (including phenoxy) is 4. The highest BCUT2D eigenvalue weighted by atomic mass is 16.6. The third-order valence-corrected chi connectivity index (χ3v) is 5.92. The minimum Gasteiger partial charge on any atom is -0.493 e. The Morgan fingerprint density at radius 3 is 2.59 bits per heavy atom. The zero-order valence-corrected chi connectivity index (χ0v) is 18.8. The Morgan fingerprint density at radius 1 is 1.12 bits per heavy atom. The van der Waals surface area contributed by atoms with Crippen LogP contribution in [0.3, 0.4) is 0 Å². The maximum Gasteiger partial charge on any atom is 0.269 e. The van der Waals surface area contributed by atoms with Crippen LogP contribution in [0.25, 0.3) is 10.9 Å². The van der Waals surface area contributed by atoms with Gasteiger partial charge in [-0.15, -0.1) is 0 Å². The molecule has 3 aromatic rings. The number of piperazine rings is 1. The third-order valence-electron chi connectivity index (χ3n) is 5.92. The number of anilines is 2. The Morgan fingerprint density at radius 2 is 1.85 bits per heavy atom. The smallest absolute Gasteiger partial charge is 0.269 e. The number of nitrogens with zero attached hydrogens (tertiary/aromatic N) is 4. The topological polar surface area (TPSA) is 132 Å². The third kappa shape index (κ3) is 3.83. The van der Waals surface area contributed by atoms with E-state index in [1.54, 1.807) is 43.4 Å². The molecule has 3 heterocycles. The normalized spacial score (nSPS) is 19.7. The fraction of sp³-hybridized carbons (Fsp3) is 0.348. The lowest BCUT2D eigenvalue weighted by Gasteiger charge is -2.40. The Kier molecular flexibility index (Phi) is 5.62. The number of aliphatic hydroxyl groups excluding tert-OH is 1. The second-order valence-corrected chi connectivity index (χ2v) is 7.96. The van der Waals surface area contributed by atoms with Crippen LogP contribution in [0.2, 0.25) is 0 Å². The minimum absolute atomic E-state index is 0.0817. The first-order valence-electron chi connectivity index (χ1n) is 10.8. The SMILES string of the molecule is COc1cc2nc(N3CCN(C(=O)C4COc5ccccc5O4)C(O)C3)nc(N)c2cc1OC. The Balaban J connectivity index is 1.32. The quantitative estimate of drug-likeness (QED) is 0.573. The molecule has 0 saturated carbocycles. The van der Waals surface area contributed by atoms with Gasteiger partial charge in [-0.1, -0.05) is 12.1 Å². The number of para-hydroxylation sites is 2. The molecule has 11 nitrogen and oxygen atoms in total. The van der Waals surface area contributed by atoms with Crippen molar-refractivity contribution in [2.24, 2.45) is 0 Å². The van der Waals surface area contributed by atoms with E-state index in [-0.39, 0.29) is 31.4 Å². The number of methoxy groups -OCH3 is 2. The molecule has 34 heavy (non-hydrogen) atoms. The first-order chi connectivity index (χ1) is 16.5. The molecule has 1 amide bonds.